The van der Waals surface area contributed by atoms with Crippen molar-refractivity contribution in [2.75, 3.05) is 20.8 Å². The summed E-state index contributed by atoms with van der Waals surface area (Å²) in [5.74, 6) is -0.549. The highest BCUT2D eigenvalue weighted by atomic mass is 16.5. The number of ether oxygens (including phenoxy) is 3. The van der Waals surface area contributed by atoms with E-state index in [0.717, 1.165) is 16.7 Å². The molecule has 2 atom stereocenters. The lowest BCUT2D eigenvalue weighted by Gasteiger charge is -2.30. The Balaban J connectivity index is 2.05. The van der Waals surface area contributed by atoms with Crippen molar-refractivity contribution in [3.8, 4) is 11.5 Å². The minimum absolute atomic E-state index is 0.243. The summed E-state index contributed by atoms with van der Waals surface area (Å²) in [7, 11) is 3.17. The van der Waals surface area contributed by atoms with Crippen molar-refractivity contribution in [1.29, 1.82) is 0 Å². The summed E-state index contributed by atoms with van der Waals surface area (Å²) in [5, 5.41) is 0. The molecule has 1 aliphatic rings. The number of carbonyl (C=O) groups excluding carboxylic acids is 2. The predicted molar refractivity (Wildman–Crippen MR) is 106 cm³/mol. The minimum Gasteiger partial charge on any atom is -0.497 e. The lowest BCUT2D eigenvalue weighted by Crippen LogP contribution is -2.34. The van der Waals surface area contributed by atoms with Crippen molar-refractivity contribution in [1.82, 2.24) is 0 Å². The van der Waals surface area contributed by atoms with Crippen molar-refractivity contribution in [2.24, 2.45) is 5.92 Å². The van der Waals surface area contributed by atoms with E-state index in [1.165, 1.54) is 0 Å². The third kappa shape index (κ3) is 3.93. The zero-order valence-electron chi connectivity index (χ0n) is 16.3. The van der Waals surface area contributed by atoms with Gasteiger partial charge in [0, 0.05) is 17.5 Å². The second-order valence-corrected chi connectivity index (χ2v) is 6.59. The zero-order chi connectivity index (χ0) is 20.1. The number of carbonyl (C=O) groups is 2. The monoisotopic (exact) mass is 380 g/mol. The van der Waals surface area contributed by atoms with Crippen LogP contribution >= 0.6 is 0 Å². The molecule has 1 aliphatic carbocycles. The first-order chi connectivity index (χ1) is 13.6. The van der Waals surface area contributed by atoms with Gasteiger partial charge in [-0.3, -0.25) is 9.59 Å². The number of benzene rings is 2. The molecule has 146 valence electrons. The average molecular weight is 380 g/mol. The van der Waals surface area contributed by atoms with Gasteiger partial charge in [0.1, 0.15) is 17.4 Å². The van der Waals surface area contributed by atoms with Crippen LogP contribution in [0.15, 0.2) is 54.6 Å². The molecule has 0 aromatic heterocycles. The molecule has 0 amide bonds. The topological polar surface area (TPSA) is 61.8 Å². The van der Waals surface area contributed by atoms with E-state index in [0.29, 0.717) is 17.9 Å². The van der Waals surface area contributed by atoms with Gasteiger partial charge in [-0.05, 0) is 42.7 Å². The molecular formula is C23H24O5. The Labute approximate surface area is 164 Å². The van der Waals surface area contributed by atoms with Crippen molar-refractivity contribution >= 4 is 17.3 Å². The molecule has 2 aromatic carbocycles. The van der Waals surface area contributed by atoms with Crippen LogP contribution in [-0.4, -0.2) is 32.6 Å². The summed E-state index contributed by atoms with van der Waals surface area (Å²) in [4.78, 5) is 25.5. The molecular weight excluding hydrogens is 356 g/mol. The van der Waals surface area contributed by atoms with Gasteiger partial charge in [-0.1, -0.05) is 30.3 Å². The van der Waals surface area contributed by atoms with E-state index in [1.54, 1.807) is 33.3 Å². The van der Waals surface area contributed by atoms with Crippen molar-refractivity contribution in [3.63, 3.8) is 0 Å². The molecule has 0 aliphatic heterocycles. The van der Waals surface area contributed by atoms with Crippen molar-refractivity contribution < 1.29 is 23.8 Å². The molecule has 5 heteroatoms. The summed E-state index contributed by atoms with van der Waals surface area (Å²) < 4.78 is 16.0. The van der Waals surface area contributed by atoms with Crippen LogP contribution in [0.1, 0.15) is 30.4 Å². The molecule has 0 fully saturated rings. The largest absolute Gasteiger partial charge is 0.497 e. The third-order valence-corrected chi connectivity index (χ3v) is 4.99. The minimum atomic E-state index is -0.838. The molecule has 2 aromatic rings. The molecule has 0 heterocycles. The summed E-state index contributed by atoms with van der Waals surface area (Å²) in [5.41, 5.74) is 2.59. The van der Waals surface area contributed by atoms with Crippen LogP contribution in [0.5, 0.6) is 11.5 Å². The molecule has 28 heavy (non-hydrogen) atoms. The van der Waals surface area contributed by atoms with Crippen LogP contribution in [-0.2, 0) is 14.3 Å². The molecule has 0 saturated heterocycles. The fourth-order valence-electron chi connectivity index (χ4n) is 3.65. The van der Waals surface area contributed by atoms with E-state index in [4.69, 9.17) is 14.2 Å². The number of hydrogen-bond acceptors (Lipinski definition) is 5. The summed E-state index contributed by atoms with van der Waals surface area (Å²) >= 11 is 0. The second kappa shape index (κ2) is 8.74. The maximum atomic E-state index is 13.0. The summed E-state index contributed by atoms with van der Waals surface area (Å²) in [6.45, 7) is 1.99. The molecule has 0 spiro atoms. The maximum Gasteiger partial charge on any atom is 0.317 e. The molecule has 3 rings (SSSR count). The van der Waals surface area contributed by atoms with E-state index < -0.39 is 11.9 Å². The van der Waals surface area contributed by atoms with E-state index in [2.05, 4.69) is 0 Å². The summed E-state index contributed by atoms with van der Waals surface area (Å²) in [6.07, 6.45) is 2.08. The van der Waals surface area contributed by atoms with E-state index in [9.17, 15) is 9.59 Å². The highest BCUT2D eigenvalue weighted by Crippen LogP contribution is 2.43. The maximum absolute atomic E-state index is 13.0. The van der Waals surface area contributed by atoms with Gasteiger partial charge in [0.2, 0.25) is 0 Å². The first-order valence-corrected chi connectivity index (χ1v) is 9.27. The number of esters is 1. The lowest BCUT2D eigenvalue weighted by molar-refractivity contribution is -0.151. The Morgan fingerprint density at radius 2 is 1.82 bits per heavy atom. The number of rotatable bonds is 6. The number of hydrogen-bond donors (Lipinski definition) is 0. The van der Waals surface area contributed by atoms with Crippen LogP contribution < -0.4 is 9.47 Å². The van der Waals surface area contributed by atoms with Gasteiger partial charge in [0.25, 0.3) is 0 Å². The van der Waals surface area contributed by atoms with Gasteiger partial charge in [0.15, 0.2) is 5.78 Å². The first kappa shape index (κ1) is 19.7. The van der Waals surface area contributed by atoms with Crippen LogP contribution in [0.3, 0.4) is 0 Å². The van der Waals surface area contributed by atoms with Crippen LogP contribution in [0.2, 0.25) is 0 Å². The van der Waals surface area contributed by atoms with Crippen LogP contribution in [0.25, 0.3) is 5.57 Å². The summed E-state index contributed by atoms with van der Waals surface area (Å²) in [6, 6.07) is 15.1. The Hall–Kier alpha value is -3.08. The predicted octanol–water partition coefficient (Wildman–Crippen LogP) is 4.02. The van der Waals surface area contributed by atoms with Crippen LogP contribution in [0, 0.1) is 5.92 Å². The standard InChI is InChI=1S/C23H24O5/c1-4-28-23(25)22-19(15-8-6-5-7-9-15)12-16(13-20(22)24)18-11-10-17(26-2)14-21(18)27-3/h5-11,13-14,19,22H,4,12H2,1-3H3/t19-,22-/m0/s1. The van der Waals surface area contributed by atoms with Gasteiger partial charge in [-0.2, -0.15) is 0 Å². The highest BCUT2D eigenvalue weighted by Gasteiger charge is 2.40. The molecule has 5 nitrogen and oxygen atoms in total. The Morgan fingerprint density at radius 1 is 1.07 bits per heavy atom. The Bertz CT molecular complexity index is 885. The van der Waals surface area contributed by atoms with E-state index in [1.807, 2.05) is 42.5 Å². The molecule has 0 N–H and O–H groups in total. The lowest BCUT2D eigenvalue weighted by atomic mass is 9.73. The smallest absolute Gasteiger partial charge is 0.317 e. The molecule has 0 unspecified atom stereocenters. The van der Waals surface area contributed by atoms with Gasteiger partial charge in [-0.25, -0.2) is 0 Å². The van der Waals surface area contributed by atoms with Crippen molar-refractivity contribution in [2.45, 2.75) is 19.3 Å². The first-order valence-electron chi connectivity index (χ1n) is 9.27. The Morgan fingerprint density at radius 3 is 2.46 bits per heavy atom. The average Bonchev–Trinajstić information content (AvgIpc) is 2.73. The SMILES string of the molecule is CCOC(=O)[C@@H]1C(=O)C=C(c2ccc(OC)cc2OC)C[C@H]1c1ccccc1. The molecule has 0 bridgehead atoms. The van der Waals surface area contributed by atoms with E-state index >= 15 is 0 Å². The second-order valence-electron chi connectivity index (χ2n) is 6.59. The quantitative estimate of drug-likeness (QED) is 0.559. The Kier molecular flexibility index (Phi) is 6.14. The third-order valence-electron chi connectivity index (χ3n) is 4.99. The number of ketones is 1. The molecule has 0 saturated carbocycles. The van der Waals surface area contributed by atoms with Crippen molar-refractivity contribution in [3.05, 3.63) is 65.7 Å². The van der Waals surface area contributed by atoms with Gasteiger partial charge in [-0.15, -0.1) is 0 Å². The fourth-order valence-corrected chi connectivity index (χ4v) is 3.65. The normalized spacial score (nSPS) is 19.0. The van der Waals surface area contributed by atoms with Crippen LogP contribution in [0.4, 0.5) is 0 Å². The van der Waals surface area contributed by atoms with Gasteiger partial charge >= 0.3 is 5.97 Å². The fraction of sp³-hybridized carbons (Fsp3) is 0.304. The number of allylic oxidation sites excluding steroid dienone is 2. The molecule has 0 radical (unpaired) electrons. The van der Waals surface area contributed by atoms with Gasteiger partial charge < -0.3 is 14.2 Å². The highest BCUT2D eigenvalue weighted by molar-refractivity contribution is 6.11. The van der Waals surface area contributed by atoms with Gasteiger partial charge in [0.05, 0.1) is 20.8 Å². The van der Waals surface area contributed by atoms with E-state index in [-0.39, 0.29) is 18.3 Å². The number of methoxy groups -OCH3 is 2. The zero-order valence-corrected chi connectivity index (χ0v) is 16.3.